The van der Waals surface area contributed by atoms with Gasteiger partial charge in [-0.25, -0.2) is 4.98 Å². The van der Waals surface area contributed by atoms with Crippen LogP contribution in [0.5, 0.6) is 0 Å². The van der Waals surface area contributed by atoms with E-state index in [4.69, 9.17) is 5.11 Å². The number of nitrogens with one attached hydrogen (secondary N) is 2. The van der Waals surface area contributed by atoms with Crippen LogP contribution in [0.4, 0.5) is 30.6 Å². The van der Waals surface area contributed by atoms with Crippen molar-refractivity contribution >= 4 is 17.5 Å². The van der Waals surface area contributed by atoms with Crippen LogP contribution < -0.4 is 10.6 Å². The second kappa shape index (κ2) is 8.22. The number of pyridine rings is 1. The maximum Gasteiger partial charge on any atom is 0.416 e. The molecule has 0 aliphatic carbocycles. The predicted molar refractivity (Wildman–Crippen MR) is 100 cm³/mol. The van der Waals surface area contributed by atoms with Crippen molar-refractivity contribution in [3.63, 3.8) is 0 Å². The van der Waals surface area contributed by atoms with Crippen molar-refractivity contribution in [1.29, 1.82) is 0 Å². The van der Waals surface area contributed by atoms with E-state index in [1.54, 1.807) is 36.7 Å². The van der Waals surface area contributed by atoms with Crippen LogP contribution in [0.25, 0.3) is 11.3 Å². The molecule has 146 valence electrons. The summed E-state index contributed by atoms with van der Waals surface area (Å²) in [5.74, 6) is 0.570. The Morgan fingerprint density at radius 3 is 2.50 bits per heavy atom. The molecule has 9 heteroatoms. The lowest BCUT2D eigenvalue weighted by molar-refractivity contribution is -0.138. The first-order valence-electron chi connectivity index (χ1n) is 8.46. The smallest absolute Gasteiger partial charge is 0.395 e. The minimum absolute atomic E-state index is 0.0731. The van der Waals surface area contributed by atoms with Crippen molar-refractivity contribution in [2.24, 2.45) is 0 Å². The molecule has 0 unspecified atom stereocenters. The first-order valence-corrected chi connectivity index (χ1v) is 8.46. The van der Waals surface area contributed by atoms with Crippen LogP contribution in [0.1, 0.15) is 11.1 Å². The Balaban J connectivity index is 2.00. The molecule has 0 fully saturated rings. The first-order chi connectivity index (χ1) is 13.4. The fourth-order valence-electron chi connectivity index (χ4n) is 2.64. The molecule has 0 saturated carbocycles. The Morgan fingerprint density at radius 1 is 1.07 bits per heavy atom. The third kappa shape index (κ3) is 4.55. The summed E-state index contributed by atoms with van der Waals surface area (Å²) in [6.45, 7) is 1.53. The summed E-state index contributed by atoms with van der Waals surface area (Å²) in [6, 6.07) is 9.10. The van der Waals surface area contributed by atoms with E-state index in [0.29, 0.717) is 17.2 Å². The molecule has 0 bridgehead atoms. The average Bonchev–Trinajstić information content (AvgIpc) is 2.67. The van der Waals surface area contributed by atoms with E-state index in [0.717, 1.165) is 11.6 Å². The van der Waals surface area contributed by atoms with Gasteiger partial charge >= 0.3 is 6.18 Å². The Bertz CT molecular complexity index is 948. The molecule has 0 spiro atoms. The lowest BCUT2D eigenvalue weighted by Gasteiger charge is -2.16. The van der Waals surface area contributed by atoms with Crippen molar-refractivity contribution in [2.75, 3.05) is 23.8 Å². The number of alkyl halides is 3. The van der Waals surface area contributed by atoms with Crippen molar-refractivity contribution in [2.45, 2.75) is 13.1 Å². The monoisotopic (exact) mass is 389 g/mol. The maximum absolute atomic E-state index is 13.2. The number of halogens is 3. The molecule has 0 aliphatic rings. The van der Waals surface area contributed by atoms with Crippen LogP contribution in [0.3, 0.4) is 0 Å². The molecule has 2 aromatic heterocycles. The third-order valence-corrected chi connectivity index (χ3v) is 4.00. The number of aliphatic hydroxyl groups is 1. The van der Waals surface area contributed by atoms with Gasteiger partial charge < -0.3 is 15.7 Å². The van der Waals surface area contributed by atoms with Gasteiger partial charge in [-0.15, -0.1) is 0 Å². The average molecular weight is 389 g/mol. The van der Waals surface area contributed by atoms with Crippen molar-refractivity contribution in [3.8, 4) is 11.3 Å². The van der Waals surface area contributed by atoms with Crippen LogP contribution in [-0.4, -0.2) is 33.2 Å². The minimum Gasteiger partial charge on any atom is -0.395 e. The standard InChI is InChI=1S/C19H18F3N5O/c1-12-14(19(20,21)22)3-2-4-15(12)25-17-11-16(13-5-7-23-8-6-13)26-18(27-17)24-9-10-28/h2-8,11,28H,9-10H2,1H3,(H2,24,25,26,27). The number of hydrogen-bond donors (Lipinski definition) is 3. The topological polar surface area (TPSA) is 83.0 Å². The van der Waals surface area contributed by atoms with E-state index in [9.17, 15) is 13.2 Å². The van der Waals surface area contributed by atoms with Crippen LogP contribution in [-0.2, 0) is 6.18 Å². The Morgan fingerprint density at radius 2 is 1.82 bits per heavy atom. The fraction of sp³-hybridized carbons (Fsp3) is 0.211. The molecule has 0 saturated heterocycles. The summed E-state index contributed by atoms with van der Waals surface area (Å²) in [6.07, 6.45) is -1.21. The molecular weight excluding hydrogens is 371 g/mol. The molecule has 0 atom stereocenters. The Labute approximate surface area is 159 Å². The summed E-state index contributed by atoms with van der Waals surface area (Å²) in [5, 5.41) is 14.8. The number of anilines is 3. The number of hydrogen-bond acceptors (Lipinski definition) is 6. The molecule has 0 amide bonds. The van der Waals surface area contributed by atoms with Gasteiger partial charge in [0.1, 0.15) is 5.82 Å². The maximum atomic E-state index is 13.2. The number of nitrogens with zero attached hydrogens (tertiary/aromatic N) is 3. The van der Waals surface area contributed by atoms with Gasteiger partial charge in [-0.3, -0.25) is 4.98 Å². The number of aliphatic hydroxyl groups excluding tert-OH is 1. The highest BCUT2D eigenvalue weighted by Crippen LogP contribution is 2.35. The SMILES string of the molecule is Cc1c(Nc2cc(-c3ccncc3)nc(NCCO)n2)cccc1C(F)(F)F. The van der Waals surface area contributed by atoms with E-state index < -0.39 is 11.7 Å². The largest absolute Gasteiger partial charge is 0.416 e. The fourth-order valence-corrected chi connectivity index (χ4v) is 2.64. The van der Waals surface area contributed by atoms with Crippen molar-refractivity contribution in [3.05, 3.63) is 59.9 Å². The lowest BCUT2D eigenvalue weighted by atomic mass is 10.1. The van der Waals surface area contributed by atoms with Gasteiger partial charge in [0.2, 0.25) is 5.95 Å². The van der Waals surface area contributed by atoms with Crippen LogP contribution in [0.15, 0.2) is 48.8 Å². The van der Waals surface area contributed by atoms with Crippen LogP contribution >= 0.6 is 0 Å². The van der Waals surface area contributed by atoms with E-state index in [2.05, 4.69) is 25.6 Å². The number of aromatic nitrogens is 3. The van der Waals surface area contributed by atoms with Crippen molar-refractivity contribution in [1.82, 2.24) is 15.0 Å². The van der Waals surface area contributed by atoms with E-state index >= 15 is 0 Å². The zero-order valence-corrected chi connectivity index (χ0v) is 15.0. The van der Waals surface area contributed by atoms with E-state index in [1.807, 2.05) is 0 Å². The highest BCUT2D eigenvalue weighted by Gasteiger charge is 2.32. The second-order valence-corrected chi connectivity index (χ2v) is 5.95. The summed E-state index contributed by atoms with van der Waals surface area (Å²) < 4.78 is 39.5. The highest BCUT2D eigenvalue weighted by atomic mass is 19.4. The molecule has 2 heterocycles. The van der Waals surface area contributed by atoms with Gasteiger partial charge in [-0.2, -0.15) is 18.2 Å². The van der Waals surface area contributed by atoms with Gasteiger partial charge in [-0.1, -0.05) is 6.07 Å². The van der Waals surface area contributed by atoms with Gasteiger partial charge in [-0.05, 0) is 36.8 Å². The third-order valence-electron chi connectivity index (χ3n) is 4.00. The minimum atomic E-state index is -4.44. The number of rotatable bonds is 6. The van der Waals surface area contributed by atoms with Gasteiger partial charge in [0.15, 0.2) is 0 Å². The lowest BCUT2D eigenvalue weighted by Crippen LogP contribution is -2.11. The van der Waals surface area contributed by atoms with E-state index in [-0.39, 0.29) is 24.7 Å². The summed E-state index contributed by atoms with van der Waals surface area (Å²) >= 11 is 0. The molecule has 3 N–H and O–H groups in total. The zero-order valence-electron chi connectivity index (χ0n) is 15.0. The van der Waals surface area contributed by atoms with Crippen LogP contribution in [0.2, 0.25) is 0 Å². The number of benzene rings is 1. The van der Waals surface area contributed by atoms with Crippen molar-refractivity contribution < 1.29 is 18.3 Å². The Hall–Kier alpha value is -3.20. The predicted octanol–water partition coefficient (Wildman–Crippen LogP) is 4.01. The van der Waals surface area contributed by atoms with Crippen LogP contribution in [0, 0.1) is 6.92 Å². The van der Waals surface area contributed by atoms with Gasteiger partial charge in [0.05, 0.1) is 17.9 Å². The van der Waals surface area contributed by atoms with Gasteiger partial charge in [0.25, 0.3) is 0 Å². The van der Waals surface area contributed by atoms with Gasteiger partial charge in [0, 0.05) is 36.3 Å². The summed E-state index contributed by atoms with van der Waals surface area (Å²) in [5.41, 5.74) is 0.990. The molecule has 0 aliphatic heterocycles. The summed E-state index contributed by atoms with van der Waals surface area (Å²) in [7, 11) is 0. The highest BCUT2D eigenvalue weighted by molar-refractivity contribution is 5.69. The van der Waals surface area contributed by atoms with E-state index in [1.165, 1.54) is 13.0 Å². The molecule has 3 rings (SSSR count). The molecule has 3 aromatic rings. The first kappa shape index (κ1) is 19.6. The molecule has 1 aromatic carbocycles. The normalized spacial score (nSPS) is 11.3. The second-order valence-electron chi connectivity index (χ2n) is 5.95. The molecular formula is C19H18F3N5O. The molecule has 6 nitrogen and oxygen atoms in total. The molecule has 28 heavy (non-hydrogen) atoms. The molecule has 0 radical (unpaired) electrons. The quantitative estimate of drug-likeness (QED) is 0.591. The Kier molecular flexibility index (Phi) is 5.74. The summed E-state index contributed by atoms with van der Waals surface area (Å²) in [4.78, 5) is 12.6. The zero-order chi connectivity index (χ0) is 20.1.